The van der Waals surface area contributed by atoms with Crippen LogP contribution in [0.15, 0.2) is 23.9 Å². The maximum atomic E-state index is 3.21. The average Bonchev–Trinajstić information content (AvgIpc) is 2.71. The lowest BCUT2D eigenvalue weighted by Gasteiger charge is -2.08. The summed E-state index contributed by atoms with van der Waals surface area (Å²) in [5.41, 5.74) is 1.59. The fraction of sp³-hybridized carbons (Fsp3) is 0.500. The lowest BCUT2D eigenvalue weighted by molar-refractivity contribution is 0.837. The SMILES string of the molecule is C1=CNCC(C2CC2)=C1. The second-order valence-corrected chi connectivity index (χ2v) is 2.76. The van der Waals surface area contributed by atoms with Gasteiger partial charge in [0.2, 0.25) is 0 Å². The van der Waals surface area contributed by atoms with Crippen LogP contribution in [-0.4, -0.2) is 6.54 Å². The van der Waals surface area contributed by atoms with E-state index >= 15 is 0 Å². The van der Waals surface area contributed by atoms with Crippen LogP contribution in [0.25, 0.3) is 0 Å². The van der Waals surface area contributed by atoms with Crippen molar-refractivity contribution in [2.45, 2.75) is 12.8 Å². The fourth-order valence-electron chi connectivity index (χ4n) is 1.21. The molecule has 1 aliphatic heterocycles. The van der Waals surface area contributed by atoms with Crippen LogP contribution in [0.4, 0.5) is 0 Å². The smallest absolute Gasteiger partial charge is 0.0360 e. The monoisotopic (exact) mass is 121 g/mol. The van der Waals surface area contributed by atoms with Crippen molar-refractivity contribution in [3.63, 3.8) is 0 Å². The third-order valence-corrected chi connectivity index (χ3v) is 1.93. The van der Waals surface area contributed by atoms with Gasteiger partial charge in [0, 0.05) is 6.54 Å². The largest absolute Gasteiger partial charge is 0.387 e. The zero-order chi connectivity index (χ0) is 6.10. The molecule has 0 spiro atoms. The molecule has 0 aromatic carbocycles. The van der Waals surface area contributed by atoms with Gasteiger partial charge in [-0.1, -0.05) is 6.08 Å². The van der Waals surface area contributed by atoms with E-state index in [0.29, 0.717) is 0 Å². The third kappa shape index (κ3) is 0.995. The van der Waals surface area contributed by atoms with Crippen molar-refractivity contribution in [2.75, 3.05) is 6.54 Å². The Hall–Kier alpha value is -0.720. The Labute approximate surface area is 55.5 Å². The fourth-order valence-corrected chi connectivity index (χ4v) is 1.21. The summed E-state index contributed by atoms with van der Waals surface area (Å²) in [6.07, 6.45) is 9.18. The first-order valence-electron chi connectivity index (χ1n) is 3.56. The Kier molecular flexibility index (Phi) is 1.08. The molecule has 0 bridgehead atoms. The standard InChI is InChI=1S/C8H11N/c1-2-8(6-9-5-1)7-3-4-7/h1-2,5,7,9H,3-4,6H2. The lowest BCUT2D eigenvalue weighted by Crippen LogP contribution is -2.13. The predicted molar refractivity (Wildman–Crippen MR) is 37.9 cm³/mol. The van der Waals surface area contributed by atoms with Crippen molar-refractivity contribution in [2.24, 2.45) is 5.92 Å². The summed E-state index contributed by atoms with van der Waals surface area (Å²) in [5.74, 6) is 0.933. The maximum absolute atomic E-state index is 3.21. The topological polar surface area (TPSA) is 12.0 Å². The van der Waals surface area contributed by atoms with E-state index in [1.165, 1.54) is 12.8 Å². The van der Waals surface area contributed by atoms with Gasteiger partial charge in [0.25, 0.3) is 0 Å². The third-order valence-electron chi connectivity index (χ3n) is 1.93. The molecule has 0 aromatic rings. The average molecular weight is 121 g/mol. The Morgan fingerprint density at radius 3 is 2.89 bits per heavy atom. The predicted octanol–water partition coefficient (Wildman–Crippen LogP) is 1.44. The van der Waals surface area contributed by atoms with Gasteiger partial charge in [-0.15, -0.1) is 0 Å². The highest BCUT2D eigenvalue weighted by atomic mass is 14.8. The van der Waals surface area contributed by atoms with Crippen LogP contribution in [0.5, 0.6) is 0 Å². The molecule has 0 saturated heterocycles. The molecule has 2 aliphatic rings. The first kappa shape index (κ1) is 5.10. The van der Waals surface area contributed by atoms with Crippen LogP contribution < -0.4 is 5.32 Å². The molecule has 0 amide bonds. The molecule has 2 rings (SSSR count). The molecule has 0 aromatic heterocycles. The van der Waals surface area contributed by atoms with Crippen molar-refractivity contribution < 1.29 is 0 Å². The highest BCUT2D eigenvalue weighted by Crippen LogP contribution is 2.36. The molecule has 1 heterocycles. The second-order valence-electron chi connectivity index (χ2n) is 2.76. The highest BCUT2D eigenvalue weighted by molar-refractivity contribution is 5.23. The minimum Gasteiger partial charge on any atom is -0.387 e. The summed E-state index contributed by atoms with van der Waals surface area (Å²) in [6, 6.07) is 0. The van der Waals surface area contributed by atoms with E-state index in [-0.39, 0.29) is 0 Å². The van der Waals surface area contributed by atoms with Gasteiger partial charge in [-0.2, -0.15) is 0 Å². The summed E-state index contributed by atoms with van der Waals surface area (Å²) < 4.78 is 0. The van der Waals surface area contributed by atoms with Crippen molar-refractivity contribution in [3.05, 3.63) is 23.9 Å². The first-order valence-corrected chi connectivity index (χ1v) is 3.56. The van der Waals surface area contributed by atoms with Gasteiger partial charge < -0.3 is 5.32 Å². The molecule has 1 N–H and O–H groups in total. The number of dihydropyridines is 1. The zero-order valence-corrected chi connectivity index (χ0v) is 5.43. The van der Waals surface area contributed by atoms with Crippen molar-refractivity contribution >= 4 is 0 Å². The van der Waals surface area contributed by atoms with Gasteiger partial charge in [0.15, 0.2) is 0 Å². The van der Waals surface area contributed by atoms with Gasteiger partial charge >= 0.3 is 0 Å². The Bertz CT molecular complexity index is 163. The van der Waals surface area contributed by atoms with Gasteiger partial charge in [-0.05, 0) is 36.6 Å². The summed E-state index contributed by atoms with van der Waals surface area (Å²) in [5, 5.41) is 3.21. The normalized spacial score (nSPS) is 25.1. The molecule has 9 heavy (non-hydrogen) atoms. The summed E-state index contributed by atoms with van der Waals surface area (Å²) in [4.78, 5) is 0. The Balaban J connectivity index is 2.07. The maximum Gasteiger partial charge on any atom is 0.0360 e. The first-order chi connectivity index (χ1) is 4.47. The lowest BCUT2D eigenvalue weighted by atomic mass is 10.1. The summed E-state index contributed by atoms with van der Waals surface area (Å²) >= 11 is 0. The van der Waals surface area contributed by atoms with Crippen LogP contribution >= 0.6 is 0 Å². The number of hydrogen-bond donors (Lipinski definition) is 1. The van der Waals surface area contributed by atoms with E-state index in [4.69, 9.17) is 0 Å². The van der Waals surface area contributed by atoms with Crippen molar-refractivity contribution in [1.82, 2.24) is 5.32 Å². The number of allylic oxidation sites excluding steroid dienone is 2. The molecule has 1 nitrogen and oxygen atoms in total. The van der Waals surface area contributed by atoms with Crippen molar-refractivity contribution in [1.29, 1.82) is 0 Å². The minimum absolute atomic E-state index is 0.933. The van der Waals surface area contributed by atoms with Crippen LogP contribution in [0.3, 0.4) is 0 Å². The van der Waals surface area contributed by atoms with E-state index < -0.39 is 0 Å². The van der Waals surface area contributed by atoms with Crippen LogP contribution in [0.2, 0.25) is 0 Å². The van der Waals surface area contributed by atoms with E-state index in [2.05, 4.69) is 17.5 Å². The van der Waals surface area contributed by atoms with Crippen molar-refractivity contribution in [3.8, 4) is 0 Å². The van der Waals surface area contributed by atoms with E-state index in [1.807, 2.05) is 6.20 Å². The summed E-state index contributed by atoms with van der Waals surface area (Å²) in [6.45, 7) is 1.08. The van der Waals surface area contributed by atoms with Gasteiger partial charge in [-0.3, -0.25) is 0 Å². The molecule has 0 atom stereocenters. The minimum atomic E-state index is 0.933. The molecule has 1 heteroatoms. The molecular formula is C8H11N. The quantitative estimate of drug-likeness (QED) is 0.553. The highest BCUT2D eigenvalue weighted by Gasteiger charge is 2.25. The Morgan fingerprint density at radius 2 is 2.33 bits per heavy atom. The van der Waals surface area contributed by atoms with E-state index in [1.54, 1.807) is 5.57 Å². The molecule has 0 unspecified atom stereocenters. The van der Waals surface area contributed by atoms with Gasteiger partial charge in [0.05, 0.1) is 0 Å². The number of rotatable bonds is 1. The van der Waals surface area contributed by atoms with E-state index in [0.717, 1.165) is 12.5 Å². The molecule has 1 aliphatic carbocycles. The number of hydrogen-bond acceptors (Lipinski definition) is 1. The molecular weight excluding hydrogens is 110 g/mol. The molecule has 0 radical (unpaired) electrons. The summed E-state index contributed by atoms with van der Waals surface area (Å²) in [7, 11) is 0. The van der Waals surface area contributed by atoms with Crippen LogP contribution in [0.1, 0.15) is 12.8 Å². The zero-order valence-electron chi connectivity index (χ0n) is 5.43. The van der Waals surface area contributed by atoms with Gasteiger partial charge in [-0.25, -0.2) is 0 Å². The molecule has 1 fully saturated rings. The van der Waals surface area contributed by atoms with Crippen LogP contribution in [0, 0.1) is 5.92 Å². The molecule has 48 valence electrons. The number of nitrogens with one attached hydrogen (secondary N) is 1. The second kappa shape index (κ2) is 1.90. The van der Waals surface area contributed by atoms with Gasteiger partial charge in [0.1, 0.15) is 0 Å². The Morgan fingerprint density at radius 1 is 1.44 bits per heavy atom. The van der Waals surface area contributed by atoms with Crippen LogP contribution in [-0.2, 0) is 0 Å². The molecule has 1 saturated carbocycles. The van der Waals surface area contributed by atoms with E-state index in [9.17, 15) is 0 Å².